The van der Waals surface area contributed by atoms with E-state index in [1.807, 2.05) is 17.0 Å². The maximum absolute atomic E-state index is 12.0. The fraction of sp³-hybridized carbons (Fsp3) is 0.417. The van der Waals surface area contributed by atoms with E-state index in [0.717, 1.165) is 31.5 Å². The highest BCUT2D eigenvalue weighted by atomic mass is 16.3. The van der Waals surface area contributed by atoms with Crippen LogP contribution in [0.3, 0.4) is 0 Å². The van der Waals surface area contributed by atoms with Gasteiger partial charge in [0.2, 0.25) is 0 Å². The molecule has 1 aliphatic rings. The molecule has 1 N–H and O–H groups in total. The number of likely N-dealkylation sites (tertiary alicyclic amines) is 1. The molecule has 0 bridgehead atoms. The summed E-state index contributed by atoms with van der Waals surface area (Å²) >= 11 is 0. The molecule has 0 saturated carbocycles. The second-order valence-electron chi connectivity index (χ2n) is 3.81. The Morgan fingerprint density at radius 3 is 2.60 bits per heavy atom. The standard InChI is InChI=1S/C12H15NO2/c14-9-10-5-1-2-6-11(10)12(15)13-7-3-4-8-13/h1-2,5-6,14H,3-4,7-9H2. The summed E-state index contributed by atoms with van der Waals surface area (Å²) in [4.78, 5) is 13.9. The van der Waals surface area contributed by atoms with Crippen molar-refractivity contribution in [2.45, 2.75) is 19.4 Å². The van der Waals surface area contributed by atoms with Gasteiger partial charge in [-0.25, -0.2) is 0 Å². The summed E-state index contributed by atoms with van der Waals surface area (Å²) < 4.78 is 0. The molecule has 15 heavy (non-hydrogen) atoms. The van der Waals surface area contributed by atoms with Crippen molar-refractivity contribution in [1.82, 2.24) is 4.90 Å². The Balaban J connectivity index is 2.24. The van der Waals surface area contributed by atoms with Crippen LogP contribution in [-0.4, -0.2) is 29.0 Å². The first-order valence-electron chi connectivity index (χ1n) is 5.31. The molecule has 1 saturated heterocycles. The van der Waals surface area contributed by atoms with Gasteiger partial charge in [-0.3, -0.25) is 4.79 Å². The lowest BCUT2D eigenvalue weighted by atomic mass is 10.1. The summed E-state index contributed by atoms with van der Waals surface area (Å²) in [7, 11) is 0. The van der Waals surface area contributed by atoms with Crippen molar-refractivity contribution in [1.29, 1.82) is 0 Å². The number of amides is 1. The minimum Gasteiger partial charge on any atom is -0.392 e. The molecule has 2 rings (SSSR count). The van der Waals surface area contributed by atoms with Crippen LogP contribution in [0.15, 0.2) is 24.3 Å². The SMILES string of the molecule is O=C(c1ccccc1CO)N1CCCC1. The van der Waals surface area contributed by atoms with Gasteiger partial charge in [0, 0.05) is 18.7 Å². The summed E-state index contributed by atoms with van der Waals surface area (Å²) in [5.74, 6) is 0.0529. The zero-order valence-electron chi connectivity index (χ0n) is 8.65. The molecule has 1 aromatic carbocycles. The minimum absolute atomic E-state index is 0.0529. The number of aliphatic hydroxyl groups excluding tert-OH is 1. The number of hydrogen-bond donors (Lipinski definition) is 1. The highest BCUT2D eigenvalue weighted by molar-refractivity contribution is 5.95. The molecule has 0 atom stereocenters. The van der Waals surface area contributed by atoms with Gasteiger partial charge in [0.15, 0.2) is 0 Å². The first kappa shape index (κ1) is 10.2. The summed E-state index contributed by atoms with van der Waals surface area (Å²) in [6, 6.07) is 7.25. The van der Waals surface area contributed by atoms with E-state index < -0.39 is 0 Å². The highest BCUT2D eigenvalue weighted by Gasteiger charge is 2.20. The van der Waals surface area contributed by atoms with Gasteiger partial charge in [-0.15, -0.1) is 0 Å². The van der Waals surface area contributed by atoms with Crippen LogP contribution in [0.25, 0.3) is 0 Å². The fourth-order valence-electron chi connectivity index (χ4n) is 1.96. The zero-order valence-corrected chi connectivity index (χ0v) is 8.65. The van der Waals surface area contributed by atoms with E-state index in [-0.39, 0.29) is 12.5 Å². The molecule has 1 aliphatic heterocycles. The Morgan fingerprint density at radius 1 is 1.27 bits per heavy atom. The molecule has 3 heteroatoms. The van der Waals surface area contributed by atoms with Crippen molar-refractivity contribution in [2.24, 2.45) is 0 Å². The van der Waals surface area contributed by atoms with E-state index in [2.05, 4.69) is 0 Å². The van der Waals surface area contributed by atoms with Crippen molar-refractivity contribution in [3.8, 4) is 0 Å². The summed E-state index contributed by atoms with van der Waals surface area (Å²) in [5.41, 5.74) is 1.36. The van der Waals surface area contributed by atoms with Crippen LogP contribution >= 0.6 is 0 Å². The van der Waals surface area contributed by atoms with E-state index in [9.17, 15) is 4.79 Å². The predicted octanol–water partition coefficient (Wildman–Crippen LogP) is 1.41. The molecule has 0 spiro atoms. The number of nitrogens with zero attached hydrogens (tertiary/aromatic N) is 1. The molecule has 3 nitrogen and oxygen atoms in total. The largest absolute Gasteiger partial charge is 0.392 e. The molecule has 0 unspecified atom stereocenters. The third kappa shape index (κ3) is 2.02. The fourth-order valence-corrected chi connectivity index (χ4v) is 1.96. The van der Waals surface area contributed by atoms with Gasteiger partial charge in [0.05, 0.1) is 6.61 Å². The average molecular weight is 205 g/mol. The van der Waals surface area contributed by atoms with Crippen LogP contribution in [-0.2, 0) is 6.61 Å². The Labute approximate surface area is 89.3 Å². The Bertz CT molecular complexity index is 356. The van der Waals surface area contributed by atoms with Crippen molar-refractivity contribution in [3.05, 3.63) is 35.4 Å². The smallest absolute Gasteiger partial charge is 0.254 e. The average Bonchev–Trinajstić information content (AvgIpc) is 2.81. The number of carbonyl (C=O) groups is 1. The van der Waals surface area contributed by atoms with Gasteiger partial charge in [-0.05, 0) is 24.5 Å². The zero-order chi connectivity index (χ0) is 10.7. The number of rotatable bonds is 2. The number of hydrogen-bond acceptors (Lipinski definition) is 2. The third-order valence-corrected chi connectivity index (χ3v) is 2.81. The molecule has 0 aliphatic carbocycles. The minimum atomic E-state index is -0.0737. The summed E-state index contributed by atoms with van der Waals surface area (Å²) in [6.45, 7) is 1.62. The van der Waals surface area contributed by atoms with Gasteiger partial charge in [-0.2, -0.15) is 0 Å². The molecule has 1 heterocycles. The van der Waals surface area contributed by atoms with Crippen LogP contribution in [0.2, 0.25) is 0 Å². The van der Waals surface area contributed by atoms with E-state index in [4.69, 9.17) is 5.11 Å². The van der Waals surface area contributed by atoms with E-state index >= 15 is 0 Å². The summed E-state index contributed by atoms with van der Waals surface area (Å²) in [5, 5.41) is 9.14. The topological polar surface area (TPSA) is 40.5 Å². The number of carbonyl (C=O) groups excluding carboxylic acids is 1. The Hall–Kier alpha value is -1.35. The monoisotopic (exact) mass is 205 g/mol. The van der Waals surface area contributed by atoms with Gasteiger partial charge < -0.3 is 10.0 Å². The maximum Gasteiger partial charge on any atom is 0.254 e. The van der Waals surface area contributed by atoms with Crippen molar-refractivity contribution < 1.29 is 9.90 Å². The van der Waals surface area contributed by atoms with Crippen LogP contribution in [0.4, 0.5) is 0 Å². The lowest BCUT2D eigenvalue weighted by molar-refractivity contribution is 0.0789. The second kappa shape index (κ2) is 4.45. The molecular weight excluding hydrogens is 190 g/mol. The van der Waals surface area contributed by atoms with Gasteiger partial charge in [-0.1, -0.05) is 18.2 Å². The van der Waals surface area contributed by atoms with Gasteiger partial charge >= 0.3 is 0 Å². The lowest BCUT2D eigenvalue weighted by Crippen LogP contribution is -2.28. The number of benzene rings is 1. The molecule has 1 fully saturated rings. The quantitative estimate of drug-likeness (QED) is 0.793. The first-order valence-corrected chi connectivity index (χ1v) is 5.31. The Morgan fingerprint density at radius 2 is 1.93 bits per heavy atom. The van der Waals surface area contributed by atoms with Crippen LogP contribution in [0.1, 0.15) is 28.8 Å². The van der Waals surface area contributed by atoms with Crippen molar-refractivity contribution >= 4 is 5.91 Å². The third-order valence-electron chi connectivity index (χ3n) is 2.81. The molecule has 0 aromatic heterocycles. The normalized spacial score (nSPS) is 15.7. The summed E-state index contributed by atoms with van der Waals surface area (Å²) in [6.07, 6.45) is 2.18. The van der Waals surface area contributed by atoms with E-state index in [1.54, 1.807) is 12.1 Å². The van der Waals surface area contributed by atoms with Gasteiger partial charge in [0.1, 0.15) is 0 Å². The first-order chi connectivity index (χ1) is 7.33. The van der Waals surface area contributed by atoms with Crippen molar-refractivity contribution in [3.63, 3.8) is 0 Å². The molecule has 0 radical (unpaired) electrons. The van der Waals surface area contributed by atoms with Crippen LogP contribution < -0.4 is 0 Å². The van der Waals surface area contributed by atoms with E-state index in [1.165, 1.54) is 0 Å². The van der Waals surface area contributed by atoms with Crippen molar-refractivity contribution in [2.75, 3.05) is 13.1 Å². The van der Waals surface area contributed by atoms with Crippen LogP contribution in [0, 0.1) is 0 Å². The Kier molecular flexibility index (Phi) is 3.02. The maximum atomic E-state index is 12.0. The van der Waals surface area contributed by atoms with Crippen LogP contribution in [0.5, 0.6) is 0 Å². The predicted molar refractivity (Wildman–Crippen MR) is 57.5 cm³/mol. The molecule has 1 amide bonds. The molecule has 1 aromatic rings. The lowest BCUT2D eigenvalue weighted by Gasteiger charge is -2.16. The molecular formula is C12H15NO2. The van der Waals surface area contributed by atoms with E-state index in [0.29, 0.717) is 5.56 Å². The van der Waals surface area contributed by atoms with Gasteiger partial charge in [0.25, 0.3) is 5.91 Å². The molecule has 80 valence electrons. The highest BCUT2D eigenvalue weighted by Crippen LogP contribution is 2.16. The number of aliphatic hydroxyl groups is 1. The second-order valence-corrected chi connectivity index (χ2v) is 3.81.